The largest absolute Gasteiger partial charge is 0.458 e. The Kier molecular flexibility index (Phi) is 6.52. The van der Waals surface area contributed by atoms with Crippen molar-refractivity contribution in [1.29, 1.82) is 0 Å². The number of morpholine rings is 1. The van der Waals surface area contributed by atoms with E-state index >= 15 is 0 Å². The molecule has 0 aromatic carbocycles. The maximum atomic E-state index is 11.9. The fourth-order valence-electron chi connectivity index (χ4n) is 2.01. The summed E-state index contributed by atoms with van der Waals surface area (Å²) in [6.45, 7) is 5.64. The fourth-order valence-corrected chi connectivity index (χ4v) is 2.01. The zero-order chi connectivity index (χ0) is 18.2. The van der Waals surface area contributed by atoms with Gasteiger partial charge in [0.05, 0.1) is 19.8 Å². The number of carbonyl (C=O) groups excluding carboxylic acids is 2. The van der Waals surface area contributed by atoms with Crippen LogP contribution in [-0.2, 0) is 16.1 Å². The smallest absolute Gasteiger partial charge is 0.317 e. The predicted molar refractivity (Wildman–Crippen MR) is 86.2 cm³/mol. The number of urea groups is 1. The molecule has 1 aliphatic rings. The van der Waals surface area contributed by atoms with Gasteiger partial charge < -0.3 is 29.6 Å². The normalized spacial score (nSPS) is 13.8. The molecular weight excluding hydrogens is 330 g/mol. The zero-order valence-corrected chi connectivity index (χ0v) is 14.2. The Morgan fingerprint density at radius 3 is 2.60 bits per heavy atom. The number of nitrogens with zero attached hydrogens (tertiary/aromatic N) is 3. The third-order valence-electron chi connectivity index (χ3n) is 3.12. The average Bonchev–Trinajstić information content (AvgIpc) is 3.21. The summed E-state index contributed by atoms with van der Waals surface area (Å²) in [5, 5.41) is 6.57. The van der Waals surface area contributed by atoms with Crippen LogP contribution in [0.1, 0.15) is 18.6 Å². The van der Waals surface area contributed by atoms with Crippen molar-refractivity contribution in [1.82, 2.24) is 20.4 Å². The Balaban J connectivity index is 0.000000511. The number of amides is 3. The van der Waals surface area contributed by atoms with Gasteiger partial charge in [-0.1, -0.05) is 5.16 Å². The number of rotatable bonds is 3. The molecule has 0 saturated carbocycles. The third-order valence-corrected chi connectivity index (χ3v) is 3.12. The van der Waals surface area contributed by atoms with Gasteiger partial charge in [0.25, 0.3) is 0 Å². The highest BCUT2D eigenvalue weighted by Gasteiger charge is 2.18. The van der Waals surface area contributed by atoms with Crippen LogP contribution in [0.25, 0.3) is 11.6 Å². The number of aromatic nitrogens is 2. The molecule has 3 N–H and O–H groups in total. The van der Waals surface area contributed by atoms with Crippen molar-refractivity contribution in [2.75, 3.05) is 26.3 Å². The van der Waals surface area contributed by atoms with E-state index in [9.17, 15) is 9.59 Å². The highest BCUT2D eigenvalue weighted by Crippen LogP contribution is 2.18. The number of ether oxygens (including phenoxy) is 1. The first-order valence-electron chi connectivity index (χ1n) is 7.71. The molecule has 0 unspecified atom stereocenters. The summed E-state index contributed by atoms with van der Waals surface area (Å²) in [7, 11) is 0. The number of hydrogen-bond acceptors (Lipinski definition) is 7. The molecule has 0 aliphatic carbocycles. The molecule has 25 heavy (non-hydrogen) atoms. The Hall–Kier alpha value is -2.88. The lowest BCUT2D eigenvalue weighted by atomic mass is 10.4. The Bertz CT molecular complexity index is 701. The third kappa shape index (κ3) is 5.92. The quantitative estimate of drug-likeness (QED) is 0.829. The van der Waals surface area contributed by atoms with Gasteiger partial charge in [-0.3, -0.25) is 4.79 Å². The average molecular weight is 351 g/mol. The summed E-state index contributed by atoms with van der Waals surface area (Å²) in [5.41, 5.74) is 4.47. The summed E-state index contributed by atoms with van der Waals surface area (Å²) in [6, 6.07) is 3.44. The number of carbonyl (C=O) groups is 2. The number of primary amides is 1. The van der Waals surface area contributed by atoms with Crippen molar-refractivity contribution in [3.63, 3.8) is 0 Å². The number of aryl methyl sites for hydroxylation is 1. The van der Waals surface area contributed by atoms with Gasteiger partial charge in [0, 0.05) is 20.0 Å². The highest BCUT2D eigenvalue weighted by atomic mass is 16.5. The van der Waals surface area contributed by atoms with Crippen molar-refractivity contribution < 1.29 is 23.3 Å². The molecular formula is C15H21N5O5. The van der Waals surface area contributed by atoms with Gasteiger partial charge in [-0.2, -0.15) is 4.98 Å². The van der Waals surface area contributed by atoms with E-state index in [0.717, 1.165) is 5.76 Å². The van der Waals surface area contributed by atoms with Crippen LogP contribution in [0.15, 0.2) is 21.1 Å². The summed E-state index contributed by atoms with van der Waals surface area (Å²) in [4.78, 5) is 27.0. The lowest BCUT2D eigenvalue weighted by molar-refractivity contribution is -0.115. The number of hydrogen-bond donors (Lipinski definition) is 2. The minimum Gasteiger partial charge on any atom is -0.458 e. The molecule has 3 rings (SSSR count). The number of nitrogens with one attached hydrogen (secondary N) is 1. The number of furan rings is 1. The van der Waals surface area contributed by atoms with Crippen molar-refractivity contribution in [3.8, 4) is 11.6 Å². The minimum atomic E-state index is -0.333. The van der Waals surface area contributed by atoms with Gasteiger partial charge in [0.2, 0.25) is 17.6 Å². The Morgan fingerprint density at radius 2 is 2.00 bits per heavy atom. The monoisotopic (exact) mass is 351 g/mol. The summed E-state index contributed by atoms with van der Waals surface area (Å²) in [6.07, 6.45) is 0. The van der Waals surface area contributed by atoms with E-state index in [1.54, 1.807) is 11.0 Å². The molecule has 1 fully saturated rings. The molecule has 1 saturated heterocycles. The van der Waals surface area contributed by atoms with Crippen molar-refractivity contribution in [2.45, 2.75) is 20.4 Å². The second-order valence-electron chi connectivity index (χ2n) is 5.29. The zero-order valence-electron chi connectivity index (χ0n) is 14.2. The molecule has 1 aliphatic heterocycles. The van der Waals surface area contributed by atoms with Crippen LogP contribution in [0.4, 0.5) is 4.79 Å². The first-order valence-corrected chi connectivity index (χ1v) is 7.71. The van der Waals surface area contributed by atoms with Gasteiger partial charge in [-0.05, 0) is 19.1 Å². The van der Waals surface area contributed by atoms with Crippen molar-refractivity contribution >= 4 is 11.9 Å². The first kappa shape index (κ1) is 18.5. The van der Waals surface area contributed by atoms with E-state index in [1.807, 2.05) is 13.0 Å². The van der Waals surface area contributed by atoms with Crippen LogP contribution in [-0.4, -0.2) is 53.3 Å². The molecule has 3 amide bonds. The van der Waals surface area contributed by atoms with E-state index in [2.05, 4.69) is 21.2 Å². The van der Waals surface area contributed by atoms with E-state index in [-0.39, 0.29) is 18.5 Å². The molecule has 2 aromatic heterocycles. The Morgan fingerprint density at radius 1 is 1.32 bits per heavy atom. The lowest BCUT2D eigenvalue weighted by Crippen LogP contribution is -2.45. The second kappa shape index (κ2) is 8.83. The molecule has 10 nitrogen and oxygen atoms in total. The van der Waals surface area contributed by atoms with E-state index < -0.39 is 0 Å². The summed E-state index contributed by atoms with van der Waals surface area (Å²) >= 11 is 0. The van der Waals surface area contributed by atoms with Crippen LogP contribution in [0.3, 0.4) is 0 Å². The van der Waals surface area contributed by atoms with Crippen molar-refractivity contribution in [3.05, 3.63) is 23.8 Å². The molecule has 2 aromatic rings. The first-order chi connectivity index (χ1) is 12.0. The second-order valence-corrected chi connectivity index (χ2v) is 5.29. The number of nitrogens with two attached hydrogens (primary N) is 1. The molecule has 0 radical (unpaired) electrons. The molecule has 0 bridgehead atoms. The van der Waals surface area contributed by atoms with Crippen LogP contribution in [0, 0.1) is 6.92 Å². The lowest BCUT2D eigenvalue weighted by Gasteiger charge is -2.26. The van der Waals surface area contributed by atoms with E-state index in [1.165, 1.54) is 6.92 Å². The van der Waals surface area contributed by atoms with Gasteiger partial charge in [0.15, 0.2) is 5.76 Å². The molecule has 10 heteroatoms. The van der Waals surface area contributed by atoms with Gasteiger partial charge in [0.1, 0.15) is 5.76 Å². The molecule has 0 atom stereocenters. The Labute approximate surface area is 144 Å². The minimum absolute atomic E-state index is 0.160. The predicted octanol–water partition coefficient (Wildman–Crippen LogP) is 0.671. The summed E-state index contributed by atoms with van der Waals surface area (Å²) < 4.78 is 15.7. The maximum absolute atomic E-state index is 11.9. The molecule has 3 heterocycles. The highest BCUT2D eigenvalue weighted by molar-refractivity contribution is 5.74. The fraction of sp³-hybridized carbons (Fsp3) is 0.467. The maximum Gasteiger partial charge on any atom is 0.317 e. The van der Waals surface area contributed by atoms with Gasteiger partial charge in [-0.25, -0.2) is 4.79 Å². The van der Waals surface area contributed by atoms with Crippen LogP contribution in [0.2, 0.25) is 0 Å². The van der Waals surface area contributed by atoms with Crippen LogP contribution >= 0.6 is 0 Å². The molecule has 136 valence electrons. The van der Waals surface area contributed by atoms with Crippen molar-refractivity contribution in [2.24, 2.45) is 5.73 Å². The standard InChI is InChI=1S/C13H16N4O4.C2H5NO/c1-9-2-3-10(20-9)12-15-11(21-16-12)8-14-13(18)17-4-6-19-7-5-17;1-2(3)4/h2-3H,4-8H2,1H3,(H,14,18);1H3,(H2,3,4). The van der Waals surface area contributed by atoms with Crippen LogP contribution in [0.5, 0.6) is 0 Å². The van der Waals surface area contributed by atoms with Crippen LogP contribution < -0.4 is 11.1 Å². The van der Waals surface area contributed by atoms with E-state index in [0.29, 0.717) is 43.8 Å². The van der Waals surface area contributed by atoms with Gasteiger partial charge in [-0.15, -0.1) is 0 Å². The topological polar surface area (TPSA) is 137 Å². The molecule has 0 spiro atoms. The summed E-state index contributed by atoms with van der Waals surface area (Å²) in [5.74, 6) is 1.69. The van der Waals surface area contributed by atoms with Gasteiger partial charge >= 0.3 is 6.03 Å². The SMILES string of the molecule is CC(N)=O.Cc1ccc(-c2noc(CNC(=O)N3CCOCC3)n2)o1. The van der Waals surface area contributed by atoms with E-state index in [4.69, 9.17) is 13.7 Å².